The van der Waals surface area contributed by atoms with Crippen molar-refractivity contribution in [1.29, 1.82) is 0 Å². The van der Waals surface area contributed by atoms with Crippen molar-refractivity contribution in [2.24, 2.45) is 0 Å². The van der Waals surface area contributed by atoms with Gasteiger partial charge in [-0.25, -0.2) is 0 Å². The van der Waals surface area contributed by atoms with E-state index in [9.17, 15) is 0 Å². The van der Waals surface area contributed by atoms with Gasteiger partial charge in [0.25, 0.3) is 0 Å². The van der Waals surface area contributed by atoms with Gasteiger partial charge in [0.05, 0.1) is 7.11 Å². The van der Waals surface area contributed by atoms with E-state index in [2.05, 4.69) is 6.92 Å². The maximum Gasteiger partial charge on any atom is 0.118 e. The third-order valence-corrected chi connectivity index (χ3v) is 2.30. The van der Waals surface area contributed by atoms with Gasteiger partial charge >= 0.3 is 0 Å². The largest absolute Gasteiger partial charge is 0.497 e. The normalized spacial score (nSPS) is 12.5. The number of hydrogen-bond acceptors (Lipinski definition) is 2. The molecular weight excluding hydrogens is 164 g/mol. The van der Waals surface area contributed by atoms with E-state index in [0.717, 1.165) is 12.2 Å². The van der Waals surface area contributed by atoms with E-state index in [4.69, 9.17) is 9.84 Å². The maximum absolute atomic E-state index is 9.07. The van der Waals surface area contributed by atoms with Gasteiger partial charge in [-0.05, 0) is 24.1 Å². The fourth-order valence-electron chi connectivity index (χ4n) is 1.35. The molecular formula is C11H16O2. The average molecular weight is 180 g/mol. The monoisotopic (exact) mass is 180 g/mol. The molecule has 1 aromatic rings. The SMILES string of the molecule is CCC(CO)c1ccc(OC)cc1. The number of aliphatic hydroxyl groups excluding tert-OH is 1. The van der Waals surface area contributed by atoms with Crippen LogP contribution in [0.3, 0.4) is 0 Å². The van der Waals surface area contributed by atoms with Crippen LogP contribution in [0.25, 0.3) is 0 Å². The molecule has 0 saturated carbocycles. The molecule has 0 fully saturated rings. The minimum atomic E-state index is 0.211. The van der Waals surface area contributed by atoms with Crippen LogP contribution in [0.5, 0.6) is 5.75 Å². The highest BCUT2D eigenvalue weighted by Gasteiger charge is 2.06. The molecule has 0 aliphatic rings. The maximum atomic E-state index is 9.07. The van der Waals surface area contributed by atoms with Gasteiger partial charge in [-0.2, -0.15) is 0 Å². The predicted octanol–water partition coefficient (Wildman–Crippen LogP) is 2.18. The fraction of sp³-hybridized carbons (Fsp3) is 0.455. The van der Waals surface area contributed by atoms with Crippen molar-refractivity contribution in [3.05, 3.63) is 29.8 Å². The number of hydrogen-bond donors (Lipinski definition) is 1. The smallest absolute Gasteiger partial charge is 0.118 e. The lowest BCUT2D eigenvalue weighted by Crippen LogP contribution is -2.02. The van der Waals surface area contributed by atoms with Crippen molar-refractivity contribution in [2.75, 3.05) is 13.7 Å². The van der Waals surface area contributed by atoms with E-state index in [1.807, 2.05) is 24.3 Å². The van der Waals surface area contributed by atoms with Gasteiger partial charge in [-0.3, -0.25) is 0 Å². The highest BCUT2D eigenvalue weighted by molar-refractivity contribution is 5.29. The first-order valence-electron chi connectivity index (χ1n) is 4.56. The molecule has 13 heavy (non-hydrogen) atoms. The second kappa shape index (κ2) is 4.87. The third kappa shape index (κ3) is 2.46. The highest BCUT2D eigenvalue weighted by Crippen LogP contribution is 2.21. The molecule has 2 heteroatoms. The number of benzene rings is 1. The van der Waals surface area contributed by atoms with Crippen molar-refractivity contribution in [3.63, 3.8) is 0 Å². The summed E-state index contributed by atoms with van der Waals surface area (Å²) >= 11 is 0. The van der Waals surface area contributed by atoms with Crippen molar-refractivity contribution in [1.82, 2.24) is 0 Å². The number of ether oxygens (including phenoxy) is 1. The van der Waals surface area contributed by atoms with Crippen LogP contribution >= 0.6 is 0 Å². The summed E-state index contributed by atoms with van der Waals surface area (Å²) in [7, 11) is 1.65. The van der Waals surface area contributed by atoms with E-state index < -0.39 is 0 Å². The van der Waals surface area contributed by atoms with Crippen LogP contribution in [0.1, 0.15) is 24.8 Å². The molecule has 0 aliphatic carbocycles. The number of rotatable bonds is 4. The van der Waals surface area contributed by atoms with Gasteiger partial charge in [0.15, 0.2) is 0 Å². The third-order valence-electron chi connectivity index (χ3n) is 2.30. The molecule has 0 radical (unpaired) electrons. The molecule has 1 rings (SSSR count). The van der Waals surface area contributed by atoms with Crippen LogP contribution in [0, 0.1) is 0 Å². The Hall–Kier alpha value is -1.02. The van der Waals surface area contributed by atoms with Gasteiger partial charge in [0, 0.05) is 12.5 Å². The Kier molecular flexibility index (Phi) is 3.77. The molecule has 1 atom stereocenters. The van der Waals surface area contributed by atoms with Crippen molar-refractivity contribution >= 4 is 0 Å². The van der Waals surface area contributed by atoms with Gasteiger partial charge in [0.1, 0.15) is 5.75 Å². The molecule has 1 N–H and O–H groups in total. The Balaban J connectivity index is 2.78. The summed E-state index contributed by atoms with van der Waals surface area (Å²) in [5.74, 6) is 1.11. The quantitative estimate of drug-likeness (QED) is 0.769. The number of methoxy groups -OCH3 is 1. The van der Waals surface area contributed by atoms with Crippen molar-refractivity contribution < 1.29 is 9.84 Å². The summed E-state index contributed by atoms with van der Waals surface area (Å²) in [6, 6.07) is 7.85. The van der Waals surface area contributed by atoms with E-state index in [1.54, 1.807) is 7.11 Å². The standard InChI is InChI=1S/C11H16O2/c1-3-9(8-12)10-4-6-11(13-2)7-5-10/h4-7,9,12H,3,8H2,1-2H3. The lowest BCUT2D eigenvalue weighted by molar-refractivity contribution is 0.262. The minimum absolute atomic E-state index is 0.211. The van der Waals surface area contributed by atoms with Crippen molar-refractivity contribution in [2.45, 2.75) is 19.3 Å². The van der Waals surface area contributed by atoms with Crippen LogP contribution in [0.4, 0.5) is 0 Å². The van der Waals surface area contributed by atoms with Gasteiger partial charge in [-0.15, -0.1) is 0 Å². The number of aliphatic hydroxyl groups is 1. The van der Waals surface area contributed by atoms with Crippen molar-refractivity contribution in [3.8, 4) is 5.75 Å². The molecule has 0 saturated heterocycles. The first-order valence-corrected chi connectivity index (χ1v) is 4.56. The van der Waals surface area contributed by atoms with E-state index in [1.165, 1.54) is 5.56 Å². The second-order valence-corrected chi connectivity index (χ2v) is 3.06. The lowest BCUT2D eigenvalue weighted by atomic mass is 9.97. The molecule has 0 aliphatic heterocycles. The summed E-state index contributed by atoms with van der Waals surface area (Å²) in [6.07, 6.45) is 0.961. The fourth-order valence-corrected chi connectivity index (χ4v) is 1.35. The lowest BCUT2D eigenvalue weighted by Gasteiger charge is -2.11. The Bertz CT molecular complexity index is 237. The highest BCUT2D eigenvalue weighted by atomic mass is 16.5. The topological polar surface area (TPSA) is 29.5 Å². The second-order valence-electron chi connectivity index (χ2n) is 3.06. The Labute approximate surface area is 79.2 Å². The van der Waals surface area contributed by atoms with E-state index >= 15 is 0 Å². The van der Waals surface area contributed by atoms with Crippen LogP contribution in [0.2, 0.25) is 0 Å². The van der Waals surface area contributed by atoms with Gasteiger partial charge < -0.3 is 9.84 Å². The zero-order valence-corrected chi connectivity index (χ0v) is 8.16. The molecule has 0 aromatic heterocycles. The Morgan fingerprint density at radius 3 is 2.31 bits per heavy atom. The molecule has 0 amide bonds. The predicted molar refractivity (Wildman–Crippen MR) is 53.1 cm³/mol. The van der Waals surface area contributed by atoms with Crippen LogP contribution in [-0.4, -0.2) is 18.8 Å². The van der Waals surface area contributed by atoms with E-state index in [0.29, 0.717) is 0 Å². The Morgan fingerprint density at radius 2 is 1.92 bits per heavy atom. The Morgan fingerprint density at radius 1 is 1.31 bits per heavy atom. The summed E-state index contributed by atoms with van der Waals surface area (Å²) < 4.78 is 5.05. The summed E-state index contributed by atoms with van der Waals surface area (Å²) in [6.45, 7) is 2.29. The minimum Gasteiger partial charge on any atom is -0.497 e. The zero-order chi connectivity index (χ0) is 9.68. The molecule has 0 heterocycles. The molecule has 1 unspecified atom stereocenters. The zero-order valence-electron chi connectivity index (χ0n) is 8.16. The first kappa shape index (κ1) is 10.1. The molecule has 0 bridgehead atoms. The molecule has 2 nitrogen and oxygen atoms in total. The van der Waals surface area contributed by atoms with Crippen LogP contribution < -0.4 is 4.74 Å². The van der Waals surface area contributed by atoms with Gasteiger partial charge in [-0.1, -0.05) is 19.1 Å². The molecule has 1 aromatic carbocycles. The van der Waals surface area contributed by atoms with E-state index in [-0.39, 0.29) is 12.5 Å². The van der Waals surface area contributed by atoms with Gasteiger partial charge in [0.2, 0.25) is 0 Å². The van der Waals surface area contributed by atoms with Crippen LogP contribution in [-0.2, 0) is 0 Å². The summed E-state index contributed by atoms with van der Waals surface area (Å²) in [4.78, 5) is 0. The molecule has 72 valence electrons. The van der Waals surface area contributed by atoms with Crippen LogP contribution in [0.15, 0.2) is 24.3 Å². The first-order chi connectivity index (χ1) is 6.31. The molecule has 0 spiro atoms. The summed E-state index contributed by atoms with van der Waals surface area (Å²) in [5.41, 5.74) is 1.17. The average Bonchev–Trinajstić information content (AvgIpc) is 2.21. The summed E-state index contributed by atoms with van der Waals surface area (Å²) in [5, 5.41) is 9.07.